The Morgan fingerprint density at radius 2 is 2.07 bits per heavy atom. The van der Waals surface area contributed by atoms with Crippen LogP contribution in [0, 0.1) is 0 Å². The van der Waals surface area contributed by atoms with Gasteiger partial charge in [0.2, 0.25) is 0 Å². The zero-order valence-corrected chi connectivity index (χ0v) is 9.61. The van der Waals surface area contributed by atoms with E-state index in [1.54, 1.807) is 10.9 Å². The number of nitrogens with zero attached hydrogens (tertiary/aromatic N) is 2. The lowest BCUT2D eigenvalue weighted by atomic mass is 10.4. The first kappa shape index (κ1) is 11.6. The van der Waals surface area contributed by atoms with E-state index in [1.807, 2.05) is 33.9 Å². The predicted molar refractivity (Wildman–Crippen MR) is 59.9 cm³/mol. The largest absolute Gasteiger partial charge is 0.336 e. The van der Waals surface area contributed by atoms with E-state index in [-0.39, 0.29) is 12.1 Å². The fourth-order valence-electron chi connectivity index (χ4n) is 1.11. The van der Waals surface area contributed by atoms with Crippen molar-refractivity contribution < 1.29 is 4.79 Å². The first-order chi connectivity index (χ1) is 6.99. The van der Waals surface area contributed by atoms with E-state index in [1.165, 1.54) is 0 Å². The average molecular weight is 210 g/mol. The smallest absolute Gasteiger partial charge is 0.319 e. The van der Waals surface area contributed by atoms with Crippen LogP contribution in [0.25, 0.3) is 0 Å². The number of carbonyl (C=O) groups excluding carboxylic acids is 1. The zero-order valence-electron chi connectivity index (χ0n) is 9.61. The summed E-state index contributed by atoms with van der Waals surface area (Å²) in [5, 5.41) is 9.58. The van der Waals surface area contributed by atoms with Crippen LogP contribution in [-0.4, -0.2) is 21.9 Å². The summed E-state index contributed by atoms with van der Waals surface area (Å²) < 4.78 is 1.80. The van der Waals surface area contributed by atoms with Crippen molar-refractivity contribution in [3.63, 3.8) is 0 Å². The molecule has 0 aliphatic heterocycles. The van der Waals surface area contributed by atoms with Crippen molar-refractivity contribution in [1.29, 1.82) is 0 Å². The molecule has 2 amide bonds. The maximum Gasteiger partial charge on any atom is 0.319 e. The molecule has 1 rings (SSSR count). The highest BCUT2D eigenvalue weighted by atomic mass is 16.2. The number of anilines is 1. The molecule has 0 saturated carbocycles. The molecule has 2 N–H and O–H groups in total. The Hall–Kier alpha value is -1.52. The van der Waals surface area contributed by atoms with Gasteiger partial charge in [-0.3, -0.25) is 4.68 Å². The number of hydrogen-bond acceptors (Lipinski definition) is 2. The van der Waals surface area contributed by atoms with E-state index in [0.717, 1.165) is 0 Å². The second kappa shape index (κ2) is 4.82. The second-order valence-electron chi connectivity index (χ2n) is 4.06. The molecule has 1 heterocycles. The SMILES string of the molecule is CC(C)NC(=O)Nc1cnn(C(C)C)c1. The molecule has 0 radical (unpaired) electrons. The Labute approximate surface area is 89.9 Å². The van der Waals surface area contributed by atoms with E-state index >= 15 is 0 Å². The summed E-state index contributed by atoms with van der Waals surface area (Å²) in [4.78, 5) is 11.3. The van der Waals surface area contributed by atoms with E-state index < -0.39 is 0 Å². The second-order valence-corrected chi connectivity index (χ2v) is 4.06. The van der Waals surface area contributed by atoms with Gasteiger partial charge in [0.25, 0.3) is 0 Å². The van der Waals surface area contributed by atoms with Gasteiger partial charge >= 0.3 is 6.03 Å². The van der Waals surface area contributed by atoms with Gasteiger partial charge in [0.15, 0.2) is 0 Å². The minimum atomic E-state index is -0.201. The monoisotopic (exact) mass is 210 g/mol. The minimum absolute atomic E-state index is 0.130. The number of amides is 2. The number of urea groups is 1. The van der Waals surface area contributed by atoms with E-state index in [4.69, 9.17) is 0 Å². The van der Waals surface area contributed by atoms with Crippen LogP contribution in [-0.2, 0) is 0 Å². The molecule has 0 fully saturated rings. The van der Waals surface area contributed by atoms with Crippen molar-refractivity contribution >= 4 is 11.7 Å². The lowest BCUT2D eigenvalue weighted by Crippen LogP contribution is -2.34. The van der Waals surface area contributed by atoms with Gasteiger partial charge in [0, 0.05) is 18.3 Å². The topological polar surface area (TPSA) is 59.0 Å². The van der Waals surface area contributed by atoms with Gasteiger partial charge in [-0.05, 0) is 27.7 Å². The molecule has 5 heteroatoms. The van der Waals surface area contributed by atoms with Crippen molar-refractivity contribution in [3.05, 3.63) is 12.4 Å². The molecule has 1 aromatic rings. The fraction of sp³-hybridized carbons (Fsp3) is 0.600. The molecule has 0 aromatic carbocycles. The number of rotatable bonds is 3. The predicted octanol–water partition coefficient (Wildman–Crippen LogP) is 1.99. The van der Waals surface area contributed by atoms with Crippen LogP contribution >= 0.6 is 0 Å². The average Bonchev–Trinajstić information content (AvgIpc) is 2.50. The van der Waals surface area contributed by atoms with Crippen molar-refractivity contribution in [1.82, 2.24) is 15.1 Å². The third-order valence-corrected chi connectivity index (χ3v) is 1.81. The lowest BCUT2D eigenvalue weighted by Gasteiger charge is -2.08. The molecular weight excluding hydrogens is 192 g/mol. The summed E-state index contributed by atoms with van der Waals surface area (Å²) >= 11 is 0. The quantitative estimate of drug-likeness (QED) is 0.801. The van der Waals surface area contributed by atoms with Crippen LogP contribution in [0.15, 0.2) is 12.4 Å². The Balaban J connectivity index is 2.53. The van der Waals surface area contributed by atoms with Gasteiger partial charge in [0.05, 0.1) is 11.9 Å². The third kappa shape index (κ3) is 3.61. The van der Waals surface area contributed by atoms with Crippen molar-refractivity contribution in [2.75, 3.05) is 5.32 Å². The molecule has 0 bridgehead atoms. The first-order valence-electron chi connectivity index (χ1n) is 5.10. The number of aromatic nitrogens is 2. The Morgan fingerprint density at radius 3 is 2.53 bits per heavy atom. The molecule has 1 aromatic heterocycles. The van der Waals surface area contributed by atoms with Crippen LogP contribution < -0.4 is 10.6 Å². The van der Waals surface area contributed by atoms with E-state index in [9.17, 15) is 4.79 Å². The van der Waals surface area contributed by atoms with Gasteiger partial charge in [-0.2, -0.15) is 5.10 Å². The van der Waals surface area contributed by atoms with Crippen LogP contribution in [0.5, 0.6) is 0 Å². The minimum Gasteiger partial charge on any atom is -0.336 e. The van der Waals surface area contributed by atoms with E-state index in [2.05, 4.69) is 15.7 Å². The lowest BCUT2D eigenvalue weighted by molar-refractivity contribution is 0.250. The maximum absolute atomic E-state index is 11.3. The summed E-state index contributed by atoms with van der Waals surface area (Å²) in [6.45, 7) is 7.89. The molecule has 0 aliphatic rings. The normalized spacial score (nSPS) is 10.8. The number of carbonyl (C=O) groups is 1. The molecular formula is C10H18N4O. The van der Waals surface area contributed by atoms with Gasteiger partial charge in [-0.1, -0.05) is 0 Å². The highest BCUT2D eigenvalue weighted by Gasteiger charge is 2.06. The first-order valence-corrected chi connectivity index (χ1v) is 5.10. The molecule has 84 valence electrons. The standard InChI is InChI=1S/C10H18N4O/c1-7(2)12-10(15)13-9-5-11-14(6-9)8(3)4/h5-8H,1-4H3,(H2,12,13,15). The molecule has 0 aliphatic carbocycles. The van der Waals surface area contributed by atoms with E-state index in [0.29, 0.717) is 11.7 Å². The summed E-state index contributed by atoms with van der Waals surface area (Å²) in [5.74, 6) is 0. The number of hydrogen-bond donors (Lipinski definition) is 2. The molecule has 15 heavy (non-hydrogen) atoms. The molecule has 0 atom stereocenters. The summed E-state index contributed by atoms with van der Waals surface area (Å²) in [6.07, 6.45) is 3.45. The van der Waals surface area contributed by atoms with Gasteiger partial charge in [-0.15, -0.1) is 0 Å². The van der Waals surface area contributed by atoms with Crippen LogP contribution in [0.3, 0.4) is 0 Å². The number of nitrogens with one attached hydrogen (secondary N) is 2. The van der Waals surface area contributed by atoms with Gasteiger partial charge < -0.3 is 10.6 Å². The molecule has 0 unspecified atom stereocenters. The third-order valence-electron chi connectivity index (χ3n) is 1.81. The van der Waals surface area contributed by atoms with Crippen molar-refractivity contribution in [3.8, 4) is 0 Å². The van der Waals surface area contributed by atoms with Gasteiger partial charge in [0.1, 0.15) is 0 Å². The van der Waals surface area contributed by atoms with Crippen LogP contribution in [0.2, 0.25) is 0 Å². The molecule has 0 spiro atoms. The summed E-state index contributed by atoms with van der Waals surface area (Å²) in [7, 11) is 0. The van der Waals surface area contributed by atoms with Crippen molar-refractivity contribution in [2.45, 2.75) is 39.8 Å². The Morgan fingerprint density at radius 1 is 1.40 bits per heavy atom. The Bertz CT molecular complexity index is 330. The molecule has 5 nitrogen and oxygen atoms in total. The maximum atomic E-state index is 11.3. The highest BCUT2D eigenvalue weighted by molar-refractivity contribution is 5.89. The van der Waals surface area contributed by atoms with Crippen molar-refractivity contribution in [2.24, 2.45) is 0 Å². The van der Waals surface area contributed by atoms with Gasteiger partial charge in [-0.25, -0.2) is 4.79 Å². The highest BCUT2D eigenvalue weighted by Crippen LogP contribution is 2.09. The molecule has 0 saturated heterocycles. The van der Waals surface area contributed by atoms with Crippen LogP contribution in [0.1, 0.15) is 33.7 Å². The zero-order chi connectivity index (χ0) is 11.4. The van der Waals surface area contributed by atoms with Crippen LogP contribution in [0.4, 0.5) is 10.5 Å². The summed E-state index contributed by atoms with van der Waals surface area (Å²) in [6, 6.07) is 0.229. The fourth-order valence-corrected chi connectivity index (χ4v) is 1.11. The summed E-state index contributed by atoms with van der Waals surface area (Å²) in [5.41, 5.74) is 0.710. The Kier molecular flexibility index (Phi) is 3.71.